The zero-order valence-corrected chi connectivity index (χ0v) is 15.3. The molecule has 4 rings (SSSR count). The van der Waals surface area contributed by atoms with Gasteiger partial charge in [-0.05, 0) is 30.0 Å². The van der Waals surface area contributed by atoms with Crippen molar-refractivity contribution in [2.45, 2.75) is 19.0 Å². The standard InChI is InChI=1S/C18H22N4O3S/c23-17(19-6-9-21-8-3-12-25-18(21)24)22-11-10-20-7-1-4-14(20)16(22)15-5-2-13-26-15/h1-2,4-5,7,13,16H,3,6,8-12H2,(H,19,23)/t16-/m0/s1. The zero-order chi connectivity index (χ0) is 17.9. The Hall–Kier alpha value is -2.48. The molecule has 7 nitrogen and oxygen atoms in total. The number of nitrogens with one attached hydrogen (secondary N) is 1. The summed E-state index contributed by atoms with van der Waals surface area (Å²) in [7, 11) is 0. The summed E-state index contributed by atoms with van der Waals surface area (Å²) in [6.07, 6.45) is 2.61. The molecule has 8 heteroatoms. The first-order valence-electron chi connectivity index (χ1n) is 8.88. The molecule has 0 saturated carbocycles. The summed E-state index contributed by atoms with van der Waals surface area (Å²) in [5.41, 5.74) is 1.13. The normalized spacial score (nSPS) is 19.8. The minimum atomic E-state index is -0.294. The SMILES string of the molecule is O=C1OCCCN1CCNC(=O)N1CCn2cccc2[C@H]1c1cccs1. The van der Waals surface area contributed by atoms with Crippen LogP contribution >= 0.6 is 11.3 Å². The van der Waals surface area contributed by atoms with Crippen molar-refractivity contribution in [1.82, 2.24) is 19.7 Å². The monoisotopic (exact) mass is 374 g/mol. The number of carbonyl (C=O) groups excluding carboxylic acids is 2. The van der Waals surface area contributed by atoms with Crippen LogP contribution in [0.4, 0.5) is 9.59 Å². The summed E-state index contributed by atoms with van der Waals surface area (Å²) < 4.78 is 7.23. The third kappa shape index (κ3) is 3.29. The van der Waals surface area contributed by atoms with Crippen LogP contribution in [-0.2, 0) is 11.3 Å². The number of thiophene rings is 1. The summed E-state index contributed by atoms with van der Waals surface area (Å²) in [6.45, 7) is 3.50. The first-order chi connectivity index (χ1) is 12.7. The van der Waals surface area contributed by atoms with E-state index in [1.807, 2.05) is 22.4 Å². The van der Waals surface area contributed by atoms with E-state index >= 15 is 0 Å². The summed E-state index contributed by atoms with van der Waals surface area (Å²) in [5.74, 6) is 0. The number of carbonyl (C=O) groups is 2. The molecule has 0 radical (unpaired) electrons. The lowest BCUT2D eigenvalue weighted by molar-refractivity contribution is 0.0731. The quantitative estimate of drug-likeness (QED) is 0.894. The van der Waals surface area contributed by atoms with Crippen molar-refractivity contribution in [3.05, 3.63) is 46.4 Å². The second kappa shape index (κ2) is 7.41. The molecule has 4 heterocycles. The van der Waals surface area contributed by atoms with E-state index in [-0.39, 0.29) is 18.2 Å². The Kier molecular flexibility index (Phi) is 4.83. The van der Waals surface area contributed by atoms with Crippen LogP contribution in [0.2, 0.25) is 0 Å². The lowest BCUT2D eigenvalue weighted by Crippen LogP contribution is -2.49. The minimum absolute atomic E-state index is 0.0706. The molecule has 1 N–H and O–H groups in total. The van der Waals surface area contributed by atoms with Gasteiger partial charge in [0.1, 0.15) is 6.04 Å². The van der Waals surface area contributed by atoms with Crippen LogP contribution in [0.1, 0.15) is 23.0 Å². The van der Waals surface area contributed by atoms with E-state index in [0.29, 0.717) is 32.8 Å². The predicted octanol–water partition coefficient (Wildman–Crippen LogP) is 2.51. The second-order valence-electron chi connectivity index (χ2n) is 6.42. The van der Waals surface area contributed by atoms with E-state index in [0.717, 1.165) is 23.5 Å². The molecule has 2 aromatic heterocycles. The van der Waals surface area contributed by atoms with Gasteiger partial charge in [-0.3, -0.25) is 0 Å². The summed E-state index contributed by atoms with van der Waals surface area (Å²) in [5, 5.41) is 5.01. The highest BCUT2D eigenvalue weighted by atomic mass is 32.1. The van der Waals surface area contributed by atoms with Gasteiger partial charge in [0.05, 0.1) is 6.61 Å². The molecule has 2 aliphatic heterocycles. The van der Waals surface area contributed by atoms with Crippen LogP contribution in [0.25, 0.3) is 0 Å². The van der Waals surface area contributed by atoms with Gasteiger partial charge in [0.2, 0.25) is 0 Å². The molecular weight excluding hydrogens is 352 g/mol. The third-order valence-electron chi connectivity index (χ3n) is 4.83. The molecule has 1 fully saturated rings. The van der Waals surface area contributed by atoms with E-state index < -0.39 is 0 Å². The van der Waals surface area contributed by atoms with E-state index in [1.165, 1.54) is 0 Å². The number of hydrogen-bond donors (Lipinski definition) is 1. The minimum Gasteiger partial charge on any atom is -0.449 e. The van der Waals surface area contributed by atoms with Crippen LogP contribution in [0.15, 0.2) is 35.8 Å². The molecule has 1 atom stereocenters. The molecule has 138 valence electrons. The molecule has 2 aromatic rings. The van der Waals surface area contributed by atoms with Gasteiger partial charge < -0.3 is 24.4 Å². The summed E-state index contributed by atoms with van der Waals surface area (Å²) in [4.78, 5) is 29.2. The zero-order valence-electron chi connectivity index (χ0n) is 14.5. The molecule has 26 heavy (non-hydrogen) atoms. The Morgan fingerprint density at radius 3 is 3.00 bits per heavy atom. The highest BCUT2D eigenvalue weighted by Gasteiger charge is 2.32. The van der Waals surface area contributed by atoms with Crippen molar-refractivity contribution in [3.63, 3.8) is 0 Å². The van der Waals surface area contributed by atoms with Crippen molar-refractivity contribution in [2.75, 3.05) is 32.8 Å². The van der Waals surface area contributed by atoms with Gasteiger partial charge in [-0.15, -0.1) is 11.3 Å². The Morgan fingerprint density at radius 2 is 2.19 bits per heavy atom. The molecule has 1 saturated heterocycles. The molecular formula is C18H22N4O3S. The van der Waals surface area contributed by atoms with Gasteiger partial charge in [-0.25, -0.2) is 9.59 Å². The maximum Gasteiger partial charge on any atom is 0.409 e. The van der Waals surface area contributed by atoms with Crippen LogP contribution in [0.3, 0.4) is 0 Å². The average Bonchev–Trinajstić information content (AvgIpc) is 3.34. The molecule has 0 aliphatic carbocycles. The number of aromatic nitrogens is 1. The van der Waals surface area contributed by atoms with Gasteiger partial charge in [-0.2, -0.15) is 0 Å². The van der Waals surface area contributed by atoms with Crippen LogP contribution < -0.4 is 5.32 Å². The number of urea groups is 1. The number of amides is 3. The van der Waals surface area contributed by atoms with Gasteiger partial charge >= 0.3 is 12.1 Å². The smallest absolute Gasteiger partial charge is 0.409 e. The Morgan fingerprint density at radius 1 is 1.27 bits per heavy atom. The Bertz CT molecular complexity index is 773. The fraction of sp³-hybridized carbons (Fsp3) is 0.444. The second-order valence-corrected chi connectivity index (χ2v) is 7.40. The van der Waals surface area contributed by atoms with Crippen molar-refractivity contribution < 1.29 is 14.3 Å². The molecule has 2 aliphatic rings. The number of rotatable bonds is 4. The van der Waals surface area contributed by atoms with Crippen LogP contribution in [0.5, 0.6) is 0 Å². The lowest BCUT2D eigenvalue weighted by Gasteiger charge is -2.36. The molecule has 0 aromatic carbocycles. The van der Waals surface area contributed by atoms with Crippen molar-refractivity contribution >= 4 is 23.5 Å². The van der Waals surface area contributed by atoms with Crippen molar-refractivity contribution in [1.29, 1.82) is 0 Å². The van der Waals surface area contributed by atoms with Gasteiger partial charge in [-0.1, -0.05) is 6.07 Å². The number of nitrogens with zero attached hydrogens (tertiary/aromatic N) is 3. The predicted molar refractivity (Wildman–Crippen MR) is 98.2 cm³/mol. The number of cyclic esters (lactones) is 1. The highest BCUT2D eigenvalue weighted by Crippen LogP contribution is 2.34. The maximum atomic E-state index is 12.8. The van der Waals surface area contributed by atoms with Gasteiger partial charge in [0.25, 0.3) is 0 Å². The summed E-state index contributed by atoms with van der Waals surface area (Å²) in [6, 6.07) is 8.02. The third-order valence-corrected chi connectivity index (χ3v) is 5.75. The number of ether oxygens (including phenoxy) is 1. The van der Waals surface area contributed by atoms with Crippen LogP contribution in [-0.4, -0.2) is 59.3 Å². The van der Waals surface area contributed by atoms with Crippen molar-refractivity contribution in [3.8, 4) is 0 Å². The summed E-state index contributed by atoms with van der Waals surface area (Å²) >= 11 is 1.66. The van der Waals surface area contributed by atoms with E-state index in [4.69, 9.17) is 4.74 Å². The van der Waals surface area contributed by atoms with Crippen molar-refractivity contribution in [2.24, 2.45) is 0 Å². The van der Waals surface area contributed by atoms with E-state index in [9.17, 15) is 9.59 Å². The largest absolute Gasteiger partial charge is 0.449 e. The highest BCUT2D eigenvalue weighted by molar-refractivity contribution is 7.10. The van der Waals surface area contributed by atoms with Gasteiger partial charge in [0.15, 0.2) is 0 Å². The Labute approximate surface area is 156 Å². The fourth-order valence-corrected chi connectivity index (χ4v) is 4.40. The maximum absolute atomic E-state index is 12.8. The molecule has 0 bridgehead atoms. The van der Waals surface area contributed by atoms with E-state index in [2.05, 4.69) is 28.2 Å². The van der Waals surface area contributed by atoms with Crippen LogP contribution in [0, 0.1) is 0 Å². The number of fused-ring (bicyclic) bond motifs is 1. The topological polar surface area (TPSA) is 66.8 Å². The fourth-order valence-electron chi connectivity index (χ4n) is 3.55. The molecule has 0 spiro atoms. The molecule has 3 amide bonds. The number of hydrogen-bond acceptors (Lipinski definition) is 4. The first kappa shape index (κ1) is 17.0. The average molecular weight is 374 g/mol. The first-order valence-corrected chi connectivity index (χ1v) is 9.76. The Balaban J connectivity index is 1.42. The van der Waals surface area contributed by atoms with Gasteiger partial charge in [0, 0.05) is 49.5 Å². The van der Waals surface area contributed by atoms with E-state index in [1.54, 1.807) is 16.2 Å². The lowest BCUT2D eigenvalue weighted by atomic mass is 10.1. The molecule has 0 unspecified atom stereocenters.